The number of hydrogen-bond donors (Lipinski definition) is 6. The van der Waals surface area contributed by atoms with Crippen LogP contribution in [-0.2, 0) is 9.53 Å². The average molecular weight is 982 g/mol. The van der Waals surface area contributed by atoms with Crippen LogP contribution in [0.4, 0.5) is 0 Å². The van der Waals surface area contributed by atoms with Crippen LogP contribution in [0.25, 0.3) is 22.3 Å². The molecule has 0 bridgehead atoms. The lowest BCUT2D eigenvalue weighted by Crippen LogP contribution is -2.32. The van der Waals surface area contributed by atoms with Gasteiger partial charge in [-0.15, -0.1) is 0 Å². The van der Waals surface area contributed by atoms with E-state index in [-0.39, 0.29) is 81.6 Å². The van der Waals surface area contributed by atoms with Crippen molar-refractivity contribution in [3.05, 3.63) is 171 Å². The minimum absolute atomic E-state index is 0.0171. The molecular weight excluding hydrogens is 907 g/mol. The Bertz CT molecular complexity index is 2820. The number of carbonyl (C=O) groups excluding carboxylic acids is 1. The van der Waals surface area contributed by atoms with Gasteiger partial charge < -0.3 is 44.7 Å². The molecule has 1 amide bonds. The Morgan fingerprint density at radius 3 is 2.10 bits per heavy atom. The first-order valence-electron chi connectivity index (χ1n) is 24.8. The molecule has 5 rings (SSSR count). The lowest BCUT2D eigenvalue weighted by molar-refractivity contribution is -0.121. The third-order valence-corrected chi connectivity index (χ3v) is 12.9. The number of rotatable bonds is 21. The first-order valence-corrected chi connectivity index (χ1v) is 24.8. The second-order valence-corrected chi connectivity index (χ2v) is 20.3. The van der Waals surface area contributed by atoms with Crippen molar-refractivity contribution in [2.45, 2.75) is 113 Å². The number of phenols is 4. The largest absolute Gasteiger partial charge is 0.508 e. The average Bonchev–Trinajstić information content (AvgIpc) is 3.29. The molecule has 0 saturated carbocycles. The van der Waals surface area contributed by atoms with E-state index in [1.165, 1.54) is 41.0 Å². The third kappa shape index (κ3) is 16.6. The van der Waals surface area contributed by atoms with E-state index < -0.39 is 16.9 Å². The fraction of sp³-hybridized carbons (Fsp3) is 0.377. The summed E-state index contributed by atoms with van der Waals surface area (Å²) >= 11 is 0. The van der Waals surface area contributed by atoms with Gasteiger partial charge in [0.05, 0.1) is 18.8 Å². The summed E-state index contributed by atoms with van der Waals surface area (Å²) in [6, 6.07) is 6.06. The Morgan fingerprint density at radius 2 is 1.44 bits per heavy atom. The zero-order valence-corrected chi connectivity index (χ0v) is 43.5. The van der Waals surface area contributed by atoms with E-state index in [9.17, 15) is 35.1 Å². The van der Waals surface area contributed by atoms with Gasteiger partial charge in [0.1, 0.15) is 22.5 Å². The van der Waals surface area contributed by atoms with E-state index in [4.69, 9.17) is 13.9 Å². The molecule has 0 saturated heterocycles. The number of nitrogens with one attached hydrogen (secondary N) is 1. The smallest absolute Gasteiger partial charge is 0.239 e. The van der Waals surface area contributed by atoms with Gasteiger partial charge in [-0.2, -0.15) is 0 Å². The Labute approximate surface area is 425 Å². The summed E-state index contributed by atoms with van der Waals surface area (Å²) in [7, 11) is 0. The third-order valence-electron chi connectivity index (χ3n) is 12.9. The fourth-order valence-corrected chi connectivity index (χ4v) is 9.00. The van der Waals surface area contributed by atoms with E-state index in [0.717, 1.165) is 42.0 Å². The molecule has 3 atom stereocenters. The monoisotopic (exact) mass is 982 g/mol. The van der Waals surface area contributed by atoms with E-state index in [1.54, 1.807) is 0 Å². The molecule has 72 heavy (non-hydrogen) atoms. The van der Waals surface area contributed by atoms with Crippen LogP contribution in [0, 0.1) is 16.7 Å². The van der Waals surface area contributed by atoms with Gasteiger partial charge in [0.2, 0.25) is 17.1 Å². The number of amides is 1. The molecule has 1 aromatic heterocycles. The van der Waals surface area contributed by atoms with Crippen LogP contribution in [0.3, 0.4) is 0 Å². The van der Waals surface area contributed by atoms with Crippen molar-refractivity contribution >= 4 is 16.9 Å². The van der Waals surface area contributed by atoms with Crippen LogP contribution >= 0.6 is 0 Å². The number of phenolic OH excluding ortho intramolecular Hbond substituents is 4. The molecule has 2 aromatic carbocycles. The summed E-state index contributed by atoms with van der Waals surface area (Å²) in [4.78, 5) is 26.1. The molecule has 0 spiro atoms. The second kappa shape index (κ2) is 26.0. The molecule has 3 unspecified atom stereocenters. The predicted molar refractivity (Wildman–Crippen MR) is 290 cm³/mol. The number of allylic oxidation sites excluding steroid dienone is 20. The normalized spacial score (nSPS) is 20.1. The Hall–Kier alpha value is -6.82. The molecule has 0 radical (unpaired) electrons. The highest BCUT2D eigenvalue weighted by molar-refractivity contribution is 5.88. The summed E-state index contributed by atoms with van der Waals surface area (Å²) < 4.78 is 17.9. The van der Waals surface area contributed by atoms with Crippen molar-refractivity contribution in [2.75, 3.05) is 19.8 Å². The fourth-order valence-electron chi connectivity index (χ4n) is 9.00. The van der Waals surface area contributed by atoms with Gasteiger partial charge in [-0.3, -0.25) is 9.59 Å². The Kier molecular flexibility index (Phi) is 20.3. The second-order valence-electron chi connectivity index (χ2n) is 20.3. The maximum Gasteiger partial charge on any atom is 0.239 e. The minimum atomic E-state index is -0.690. The summed E-state index contributed by atoms with van der Waals surface area (Å²) in [5.41, 5.74) is 6.52. The van der Waals surface area contributed by atoms with Crippen molar-refractivity contribution in [2.24, 2.45) is 16.7 Å². The van der Waals surface area contributed by atoms with Crippen LogP contribution in [-0.4, -0.2) is 63.4 Å². The molecule has 11 nitrogen and oxygen atoms in total. The quantitative estimate of drug-likeness (QED) is 0.0260. The lowest BCUT2D eigenvalue weighted by atomic mass is 9.67. The van der Waals surface area contributed by atoms with Crippen LogP contribution in [0.1, 0.15) is 101 Å². The molecule has 6 N–H and O–H groups in total. The zero-order valence-electron chi connectivity index (χ0n) is 43.5. The molecule has 11 heteroatoms. The number of aliphatic hydroxyl groups excluding tert-OH is 1. The molecule has 2 aliphatic carbocycles. The minimum Gasteiger partial charge on any atom is -0.508 e. The number of fused-ring (bicyclic) bond motifs is 1. The van der Waals surface area contributed by atoms with Crippen molar-refractivity contribution in [3.8, 4) is 40.1 Å². The first-order chi connectivity index (χ1) is 34.1. The highest BCUT2D eigenvalue weighted by Crippen LogP contribution is 2.43. The summed E-state index contributed by atoms with van der Waals surface area (Å²) in [6.07, 6.45) is 37.3. The van der Waals surface area contributed by atoms with Crippen molar-refractivity contribution in [3.63, 3.8) is 0 Å². The van der Waals surface area contributed by atoms with E-state index in [0.29, 0.717) is 31.8 Å². The van der Waals surface area contributed by atoms with Crippen molar-refractivity contribution in [1.29, 1.82) is 0 Å². The lowest BCUT2D eigenvalue weighted by Gasteiger charge is -2.38. The predicted octanol–water partition coefficient (Wildman–Crippen LogP) is 13.0. The van der Waals surface area contributed by atoms with Gasteiger partial charge in [0.15, 0.2) is 17.3 Å². The van der Waals surface area contributed by atoms with Gasteiger partial charge in [-0.25, -0.2) is 0 Å². The van der Waals surface area contributed by atoms with Gasteiger partial charge in [0, 0.05) is 43.2 Å². The molecule has 3 aromatic rings. The SMILES string of the molecule is CC1=CC(O)CC(C)(C)C1/C=C/C(C)=C/C=C/C(C)=C/C=C/C=C(C)/C=C/C=C(C)/C=C/C1=CCC(OCCCC(=O)NCCCOc2c(-c3ccc(O)c(O)c3)oc3cc(O)cc(O)c3c2=O)CC1(C)C. The van der Waals surface area contributed by atoms with E-state index >= 15 is 0 Å². The first kappa shape index (κ1) is 56.1. The van der Waals surface area contributed by atoms with Gasteiger partial charge in [0.25, 0.3) is 0 Å². The van der Waals surface area contributed by atoms with Crippen LogP contribution in [0.2, 0.25) is 0 Å². The maximum absolute atomic E-state index is 13.5. The van der Waals surface area contributed by atoms with E-state index in [1.807, 2.05) is 6.08 Å². The molecule has 0 aliphatic heterocycles. The molecule has 2 aliphatic rings. The van der Waals surface area contributed by atoms with E-state index in [2.05, 4.69) is 159 Å². The van der Waals surface area contributed by atoms with Crippen molar-refractivity contribution < 1.29 is 44.2 Å². The number of carbonyl (C=O) groups is 1. The molecule has 384 valence electrons. The van der Waals surface area contributed by atoms with Crippen LogP contribution < -0.4 is 15.5 Å². The number of hydrogen-bond acceptors (Lipinski definition) is 10. The topological polar surface area (TPSA) is 179 Å². The van der Waals surface area contributed by atoms with Gasteiger partial charge >= 0.3 is 0 Å². The summed E-state index contributed by atoms with van der Waals surface area (Å²) in [6.45, 7) is 20.2. The standard InChI is InChI=1S/C61H75NO10/c1-40(16-10-11-17-41(2)19-13-21-43(4)24-29-50-44(5)34-48(64)38-61(50,8)9)18-12-20-42(3)23-26-46-27-28-49(39-60(46,6)7)70-32-14-22-55(68)62-31-15-33-71-59-57(69)56-53(67)36-47(63)37-54(56)72-58(59)45-25-30-51(65)52(66)35-45/h10-13,16-21,23-27,29-30,34-37,48-50,63-67H,14-15,22,28,31-33,38-39H2,1-9H3,(H,62,68)/b11-10+,18-12+,19-13+,26-23+,29-24+,40-16+,41-17+,42-20+,43-21+. The van der Waals surface area contributed by atoms with Gasteiger partial charge in [-0.1, -0.05) is 153 Å². The number of ether oxygens (including phenoxy) is 2. The highest BCUT2D eigenvalue weighted by atomic mass is 16.5. The maximum atomic E-state index is 13.5. The Balaban J connectivity index is 0.999. The zero-order chi connectivity index (χ0) is 52.6. The van der Waals surface area contributed by atoms with Gasteiger partial charge in [-0.05, 0) is 101 Å². The number of aromatic hydroxyl groups is 4. The highest BCUT2D eigenvalue weighted by Gasteiger charge is 2.34. The summed E-state index contributed by atoms with van der Waals surface area (Å²) in [5, 5.41) is 53.0. The molecule has 1 heterocycles. The van der Waals surface area contributed by atoms with Crippen molar-refractivity contribution in [1.82, 2.24) is 5.32 Å². The molecule has 0 fully saturated rings. The number of benzene rings is 2. The molecular formula is C61H75NO10. The summed E-state index contributed by atoms with van der Waals surface area (Å²) in [5.74, 6) is -1.73. The Morgan fingerprint density at radius 1 is 0.792 bits per heavy atom. The number of aliphatic hydroxyl groups is 1. The van der Waals surface area contributed by atoms with Crippen LogP contribution in [0.15, 0.2) is 170 Å². The van der Waals surface area contributed by atoms with Crippen LogP contribution in [0.5, 0.6) is 28.7 Å².